The highest BCUT2D eigenvalue weighted by Gasteiger charge is 2.26. The van der Waals surface area contributed by atoms with Crippen LogP contribution in [0.2, 0.25) is 5.02 Å². The molecule has 3 rings (SSSR count). The largest absolute Gasteiger partial charge is 0.349 e. The molecule has 138 valence electrons. The van der Waals surface area contributed by atoms with Gasteiger partial charge in [-0.25, -0.2) is 0 Å². The van der Waals surface area contributed by atoms with Crippen molar-refractivity contribution in [2.75, 3.05) is 13.1 Å². The van der Waals surface area contributed by atoms with Crippen LogP contribution >= 0.6 is 11.6 Å². The standard InChI is InChI=1S/C22H27ClN2O/c1-16-3-7-19(8-4-16)17(2)24-22(26)20-11-13-25(14-12-20)15-18-5-9-21(23)10-6-18/h3-10,17,20H,11-15H2,1-2H3,(H,24,26). The fraction of sp³-hybridized carbons (Fsp3) is 0.409. The molecular weight excluding hydrogens is 344 g/mol. The van der Waals surface area contributed by atoms with Gasteiger partial charge in [-0.15, -0.1) is 0 Å². The Balaban J connectivity index is 1.47. The van der Waals surface area contributed by atoms with Crippen molar-refractivity contribution >= 4 is 17.5 Å². The minimum Gasteiger partial charge on any atom is -0.349 e. The van der Waals surface area contributed by atoms with Crippen LogP contribution in [-0.2, 0) is 11.3 Å². The van der Waals surface area contributed by atoms with E-state index in [0.29, 0.717) is 0 Å². The first-order chi connectivity index (χ1) is 12.5. The Hall–Kier alpha value is -1.84. The van der Waals surface area contributed by atoms with Crippen LogP contribution in [0.3, 0.4) is 0 Å². The number of halogens is 1. The molecule has 2 aromatic carbocycles. The zero-order valence-electron chi connectivity index (χ0n) is 15.5. The van der Waals surface area contributed by atoms with Crippen molar-refractivity contribution < 1.29 is 4.79 Å². The third kappa shape index (κ3) is 5.09. The third-order valence-electron chi connectivity index (χ3n) is 5.21. The smallest absolute Gasteiger partial charge is 0.223 e. The van der Waals surface area contributed by atoms with Crippen LogP contribution in [-0.4, -0.2) is 23.9 Å². The fourth-order valence-electron chi connectivity index (χ4n) is 3.47. The summed E-state index contributed by atoms with van der Waals surface area (Å²) in [6.07, 6.45) is 1.83. The maximum atomic E-state index is 12.6. The Labute approximate surface area is 161 Å². The first-order valence-corrected chi connectivity index (χ1v) is 9.73. The summed E-state index contributed by atoms with van der Waals surface area (Å²) in [6.45, 7) is 6.97. The van der Waals surface area contributed by atoms with Crippen molar-refractivity contribution in [2.24, 2.45) is 5.92 Å². The molecule has 0 bridgehead atoms. The van der Waals surface area contributed by atoms with Gasteiger partial charge in [-0.1, -0.05) is 53.6 Å². The molecule has 26 heavy (non-hydrogen) atoms. The SMILES string of the molecule is Cc1ccc(C(C)NC(=O)C2CCN(Cc3ccc(Cl)cc3)CC2)cc1. The predicted molar refractivity (Wildman–Crippen MR) is 107 cm³/mol. The van der Waals surface area contributed by atoms with Crippen molar-refractivity contribution in [1.29, 1.82) is 0 Å². The summed E-state index contributed by atoms with van der Waals surface area (Å²) in [6, 6.07) is 16.4. The van der Waals surface area contributed by atoms with E-state index in [1.165, 1.54) is 11.1 Å². The number of aryl methyl sites for hydroxylation is 1. The lowest BCUT2D eigenvalue weighted by Gasteiger charge is -2.32. The van der Waals surface area contributed by atoms with E-state index in [9.17, 15) is 4.79 Å². The monoisotopic (exact) mass is 370 g/mol. The van der Waals surface area contributed by atoms with Gasteiger partial charge >= 0.3 is 0 Å². The number of hydrogen-bond acceptors (Lipinski definition) is 2. The van der Waals surface area contributed by atoms with Gasteiger partial charge in [0.1, 0.15) is 0 Å². The number of carbonyl (C=O) groups excluding carboxylic acids is 1. The minimum absolute atomic E-state index is 0.0511. The average Bonchev–Trinajstić information content (AvgIpc) is 2.64. The van der Waals surface area contributed by atoms with Gasteiger partial charge in [0.05, 0.1) is 6.04 Å². The van der Waals surface area contributed by atoms with Gasteiger partial charge in [0.2, 0.25) is 5.91 Å². The van der Waals surface area contributed by atoms with E-state index in [1.807, 2.05) is 12.1 Å². The maximum Gasteiger partial charge on any atom is 0.223 e. The first-order valence-electron chi connectivity index (χ1n) is 9.35. The molecule has 0 aliphatic carbocycles. The van der Waals surface area contributed by atoms with E-state index in [0.717, 1.165) is 43.1 Å². The van der Waals surface area contributed by atoms with Gasteiger partial charge in [-0.05, 0) is 63.0 Å². The Bertz CT molecular complexity index is 719. The quantitative estimate of drug-likeness (QED) is 0.824. The summed E-state index contributed by atoms with van der Waals surface area (Å²) in [5, 5.41) is 3.95. The van der Waals surface area contributed by atoms with Crippen LogP contribution in [0.5, 0.6) is 0 Å². The molecular formula is C22H27ClN2O. The van der Waals surface area contributed by atoms with Crippen molar-refractivity contribution in [3.8, 4) is 0 Å². The Morgan fingerprint density at radius 3 is 2.35 bits per heavy atom. The Morgan fingerprint density at radius 1 is 1.12 bits per heavy atom. The minimum atomic E-state index is 0.0511. The van der Waals surface area contributed by atoms with Crippen LogP contribution in [0.4, 0.5) is 0 Å². The molecule has 1 fully saturated rings. The number of nitrogens with one attached hydrogen (secondary N) is 1. The number of nitrogens with zero attached hydrogens (tertiary/aromatic N) is 1. The zero-order chi connectivity index (χ0) is 18.5. The molecule has 0 radical (unpaired) electrons. The van der Waals surface area contributed by atoms with Crippen LogP contribution in [0, 0.1) is 12.8 Å². The highest BCUT2D eigenvalue weighted by molar-refractivity contribution is 6.30. The van der Waals surface area contributed by atoms with Gasteiger partial charge in [-0.2, -0.15) is 0 Å². The van der Waals surface area contributed by atoms with Gasteiger partial charge in [0.15, 0.2) is 0 Å². The summed E-state index contributed by atoms with van der Waals surface area (Å²) in [4.78, 5) is 15.0. The Morgan fingerprint density at radius 2 is 1.73 bits per heavy atom. The average molecular weight is 371 g/mol. The van der Waals surface area contributed by atoms with Crippen LogP contribution in [0.15, 0.2) is 48.5 Å². The molecule has 0 saturated carbocycles. The highest BCUT2D eigenvalue weighted by atomic mass is 35.5. The molecule has 1 heterocycles. The molecule has 1 atom stereocenters. The summed E-state index contributed by atoms with van der Waals surface area (Å²) in [5.74, 6) is 0.300. The summed E-state index contributed by atoms with van der Waals surface area (Å²) < 4.78 is 0. The second-order valence-corrected chi connectivity index (χ2v) is 7.75. The van der Waals surface area contributed by atoms with E-state index in [1.54, 1.807) is 0 Å². The van der Waals surface area contributed by atoms with E-state index >= 15 is 0 Å². The third-order valence-corrected chi connectivity index (χ3v) is 5.47. The molecule has 1 aliphatic rings. The molecule has 1 unspecified atom stereocenters. The summed E-state index contributed by atoms with van der Waals surface area (Å²) in [7, 11) is 0. The topological polar surface area (TPSA) is 32.3 Å². The zero-order valence-corrected chi connectivity index (χ0v) is 16.3. The van der Waals surface area contributed by atoms with Gasteiger partial charge in [0, 0.05) is 17.5 Å². The van der Waals surface area contributed by atoms with E-state index < -0.39 is 0 Å². The van der Waals surface area contributed by atoms with Gasteiger partial charge < -0.3 is 5.32 Å². The van der Waals surface area contributed by atoms with Crippen molar-refractivity contribution in [3.63, 3.8) is 0 Å². The molecule has 0 aromatic heterocycles. The second kappa shape index (κ2) is 8.70. The van der Waals surface area contributed by atoms with E-state index in [4.69, 9.17) is 11.6 Å². The number of likely N-dealkylation sites (tertiary alicyclic amines) is 1. The van der Waals surface area contributed by atoms with Crippen LogP contribution in [0.1, 0.15) is 42.5 Å². The molecule has 1 N–H and O–H groups in total. The maximum absolute atomic E-state index is 12.6. The molecule has 0 spiro atoms. The normalized spacial score (nSPS) is 17.0. The molecule has 3 nitrogen and oxygen atoms in total. The lowest BCUT2D eigenvalue weighted by molar-refractivity contribution is -0.127. The van der Waals surface area contributed by atoms with Crippen LogP contribution < -0.4 is 5.32 Å². The number of piperidine rings is 1. The molecule has 2 aromatic rings. The molecule has 1 aliphatic heterocycles. The Kier molecular flexibility index (Phi) is 6.33. The second-order valence-electron chi connectivity index (χ2n) is 7.32. The predicted octanol–water partition coefficient (Wildman–Crippen LogP) is 4.74. The number of hydrogen-bond donors (Lipinski definition) is 1. The summed E-state index contributed by atoms with van der Waals surface area (Å²) in [5.41, 5.74) is 3.66. The lowest BCUT2D eigenvalue weighted by Crippen LogP contribution is -2.40. The highest BCUT2D eigenvalue weighted by Crippen LogP contribution is 2.21. The number of amides is 1. The summed E-state index contributed by atoms with van der Waals surface area (Å²) >= 11 is 5.94. The number of carbonyl (C=O) groups is 1. The molecule has 4 heteroatoms. The lowest BCUT2D eigenvalue weighted by atomic mass is 9.94. The first kappa shape index (κ1) is 18.9. The van der Waals surface area contributed by atoms with Gasteiger partial charge in [-0.3, -0.25) is 9.69 Å². The van der Waals surface area contributed by atoms with Gasteiger partial charge in [0.25, 0.3) is 0 Å². The van der Waals surface area contributed by atoms with Crippen molar-refractivity contribution in [3.05, 3.63) is 70.2 Å². The fourth-order valence-corrected chi connectivity index (χ4v) is 3.60. The van der Waals surface area contributed by atoms with E-state index in [2.05, 4.69) is 60.5 Å². The number of rotatable bonds is 5. The van der Waals surface area contributed by atoms with Crippen molar-refractivity contribution in [1.82, 2.24) is 10.2 Å². The van der Waals surface area contributed by atoms with E-state index in [-0.39, 0.29) is 17.9 Å². The molecule has 1 amide bonds. The number of benzene rings is 2. The molecule has 1 saturated heterocycles. The van der Waals surface area contributed by atoms with Crippen LogP contribution in [0.25, 0.3) is 0 Å². The van der Waals surface area contributed by atoms with Crippen molar-refractivity contribution in [2.45, 2.75) is 39.3 Å².